The van der Waals surface area contributed by atoms with Gasteiger partial charge in [0.15, 0.2) is 0 Å². The van der Waals surface area contributed by atoms with Crippen LogP contribution in [0.15, 0.2) is 0 Å². The van der Waals surface area contributed by atoms with Gasteiger partial charge in [-0.05, 0) is 58.0 Å². The summed E-state index contributed by atoms with van der Waals surface area (Å²) < 4.78 is 0. The molecule has 2 unspecified atom stereocenters. The summed E-state index contributed by atoms with van der Waals surface area (Å²) in [6.45, 7) is 11.7. The van der Waals surface area contributed by atoms with E-state index < -0.39 is 11.4 Å². The normalized spacial score (nSPS) is 27.1. The van der Waals surface area contributed by atoms with E-state index in [0.717, 1.165) is 31.2 Å². The van der Waals surface area contributed by atoms with Crippen molar-refractivity contribution in [1.29, 1.82) is 0 Å². The van der Waals surface area contributed by atoms with E-state index in [1.807, 2.05) is 13.8 Å². The number of likely N-dealkylation sites (tertiary alicyclic amines) is 1. The van der Waals surface area contributed by atoms with Gasteiger partial charge in [0.05, 0.1) is 5.41 Å². The fourth-order valence-corrected chi connectivity index (χ4v) is 2.40. The summed E-state index contributed by atoms with van der Waals surface area (Å²) in [5.74, 6) is 0.927. The highest BCUT2D eigenvalue weighted by atomic mass is 16.4. The van der Waals surface area contributed by atoms with Crippen molar-refractivity contribution in [2.45, 2.75) is 47.0 Å². The number of carboxylic acids is 1. The summed E-state index contributed by atoms with van der Waals surface area (Å²) >= 11 is 0. The molecule has 3 heteroatoms. The largest absolute Gasteiger partial charge is 0.481 e. The first-order valence-corrected chi connectivity index (χ1v) is 6.78. The Kier molecular flexibility index (Phi) is 4.99. The molecule has 0 bridgehead atoms. The van der Waals surface area contributed by atoms with Gasteiger partial charge in [-0.25, -0.2) is 0 Å². The van der Waals surface area contributed by atoms with Crippen LogP contribution in [0.5, 0.6) is 0 Å². The maximum Gasteiger partial charge on any atom is 0.309 e. The molecule has 0 radical (unpaired) electrons. The monoisotopic (exact) mass is 241 g/mol. The number of piperidine rings is 1. The van der Waals surface area contributed by atoms with Gasteiger partial charge in [0, 0.05) is 6.54 Å². The Morgan fingerprint density at radius 2 is 2.00 bits per heavy atom. The van der Waals surface area contributed by atoms with Crippen molar-refractivity contribution < 1.29 is 9.90 Å². The van der Waals surface area contributed by atoms with Crippen LogP contribution < -0.4 is 0 Å². The van der Waals surface area contributed by atoms with Crippen LogP contribution in [0.4, 0.5) is 0 Å². The fraction of sp³-hybridized carbons (Fsp3) is 0.929. The molecule has 1 saturated heterocycles. The van der Waals surface area contributed by atoms with Crippen LogP contribution >= 0.6 is 0 Å². The lowest BCUT2D eigenvalue weighted by molar-refractivity contribution is -0.147. The zero-order chi connectivity index (χ0) is 13.1. The van der Waals surface area contributed by atoms with Crippen molar-refractivity contribution in [1.82, 2.24) is 4.90 Å². The minimum atomic E-state index is -0.682. The van der Waals surface area contributed by atoms with Crippen molar-refractivity contribution in [2.24, 2.45) is 17.3 Å². The summed E-state index contributed by atoms with van der Waals surface area (Å²) in [7, 11) is 0. The number of hydrogen-bond acceptors (Lipinski definition) is 2. The van der Waals surface area contributed by atoms with E-state index in [1.54, 1.807) is 0 Å². The maximum absolute atomic E-state index is 11.0. The molecule has 0 aromatic rings. The quantitative estimate of drug-likeness (QED) is 0.804. The molecule has 1 aliphatic rings. The van der Waals surface area contributed by atoms with Gasteiger partial charge in [0.2, 0.25) is 0 Å². The molecule has 0 aliphatic carbocycles. The average molecular weight is 241 g/mol. The molecule has 1 heterocycles. The number of nitrogens with zero attached hydrogens (tertiary/aromatic N) is 1. The van der Waals surface area contributed by atoms with Crippen molar-refractivity contribution in [2.75, 3.05) is 19.6 Å². The van der Waals surface area contributed by atoms with Crippen molar-refractivity contribution in [3.05, 3.63) is 0 Å². The summed E-state index contributed by atoms with van der Waals surface area (Å²) in [5, 5.41) is 9.04. The predicted octanol–water partition coefficient (Wildman–Crippen LogP) is 2.86. The first-order chi connectivity index (χ1) is 7.83. The Morgan fingerprint density at radius 3 is 2.53 bits per heavy atom. The number of aliphatic carboxylic acids is 1. The topological polar surface area (TPSA) is 40.5 Å². The molecule has 0 amide bonds. The van der Waals surface area contributed by atoms with Crippen LogP contribution in [0.1, 0.15) is 47.0 Å². The number of carboxylic acid groups (broad SMARTS) is 1. The Hall–Kier alpha value is -0.570. The highest BCUT2D eigenvalue weighted by Gasteiger charge is 2.27. The van der Waals surface area contributed by atoms with Crippen LogP contribution in [0, 0.1) is 17.3 Å². The molecule has 100 valence electrons. The third-order valence-corrected chi connectivity index (χ3v) is 4.27. The van der Waals surface area contributed by atoms with Gasteiger partial charge >= 0.3 is 5.97 Å². The molecule has 2 atom stereocenters. The molecule has 0 aromatic heterocycles. The molecule has 0 spiro atoms. The lowest BCUT2D eigenvalue weighted by Crippen LogP contribution is -2.39. The second-order valence-corrected chi connectivity index (χ2v) is 6.34. The Bertz CT molecular complexity index is 263. The van der Waals surface area contributed by atoms with Crippen LogP contribution in [-0.4, -0.2) is 35.6 Å². The van der Waals surface area contributed by atoms with Gasteiger partial charge in [0.25, 0.3) is 0 Å². The van der Waals surface area contributed by atoms with Crippen LogP contribution in [0.2, 0.25) is 0 Å². The van der Waals surface area contributed by atoms with Crippen LogP contribution in [-0.2, 0) is 4.79 Å². The second kappa shape index (κ2) is 5.85. The fourth-order valence-electron chi connectivity index (χ4n) is 2.40. The lowest BCUT2D eigenvalue weighted by atomic mass is 9.86. The van der Waals surface area contributed by atoms with Gasteiger partial charge in [-0.1, -0.05) is 13.8 Å². The van der Waals surface area contributed by atoms with Gasteiger partial charge in [-0.15, -0.1) is 0 Å². The molecule has 1 N–H and O–H groups in total. The second-order valence-electron chi connectivity index (χ2n) is 6.34. The molecule has 1 aliphatic heterocycles. The first-order valence-electron chi connectivity index (χ1n) is 6.78. The van der Waals surface area contributed by atoms with E-state index >= 15 is 0 Å². The van der Waals surface area contributed by atoms with E-state index in [2.05, 4.69) is 18.7 Å². The molecule has 0 saturated carbocycles. The van der Waals surface area contributed by atoms with E-state index in [4.69, 9.17) is 5.11 Å². The molecular weight excluding hydrogens is 214 g/mol. The summed E-state index contributed by atoms with van der Waals surface area (Å²) in [4.78, 5) is 13.5. The van der Waals surface area contributed by atoms with E-state index in [-0.39, 0.29) is 0 Å². The lowest BCUT2D eigenvalue weighted by Gasteiger charge is -2.35. The molecular formula is C14H27NO2. The van der Waals surface area contributed by atoms with Gasteiger partial charge in [0.1, 0.15) is 0 Å². The maximum atomic E-state index is 11.0. The minimum absolute atomic E-state index is 0.575. The third-order valence-electron chi connectivity index (χ3n) is 4.27. The Morgan fingerprint density at radius 1 is 1.35 bits per heavy atom. The standard InChI is InChI=1S/C14H27NO2/c1-11-6-9-15(10-12(11)2)8-5-7-14(3,4)13(16)17/h11-12H,5-10H2,1-4H3,(H,16,17). The van der Waals surface area contributed by atoms with E-state index in [0.29, 0.717) is 0 Å². The van der Waals surface area contributed by atoms with E-state index in [1.165, 1.54) is 19.5 Å². The SMILES string of the molecule is CC1CCN(CCCC(C)(C)C(=O)O)CC1C. The van der Waals surface area contributed by atoms with Crippen LogP contribution in [0.25, 0.3) is 0 Å². The van der Waals surface area contributed by atoms with Crippen molar-refractivity contribution in [3.8, 4) is 0 Å². The highest BCUT2D eigenvalue weighted by molar-refractivity contribution is 5.73. The molecule has 17 heavy (non-hydrogen) atoms. The average Bonchev–Trinajstić information content (AvgIpc) is 2.23. The number of rotatable bonds is 5. The summed E-state index contributed by atoms with van der Waals surface area (Å²) in [6, 6.07) is 0. The minimum Gasteiger partial charge on any atom is -0.481 e. The smallest absolute Gasteiger partial charge is 0.309 e. The van der Waals surface area contributed by atoms with Gasteiger partial charge < -0.3 is 10.0 Å². The third kappa shape index (κ3) is 4.30. The molecule has 1 rings (SSSR count). The molecule has 1 fully saturated rings. The number of carbonyl (C=O) groups is 1. The Labute approximate surface area is 105 Å². The summed E-state index contributed by atoms with van der Waals surface area (Å²) in [5.41, 5.74) is -0.575. The molecule has 0 aromatic carbocycles. The first kappa shape index (κ1) is 14.5. The molecule has 3 nitrogen and oxygen atoms in total. The van der Waals surface area contributed by atoms with Crippen LogP contribution in [0.3, 0.4) is 0 Å². The van der Waals surface area contributed by atoms with Crippen molar-refractivity contribution in [3.63, 3.8) is 0 Å². The van der Waals surface area contributed by atoms with Gasteiger partial charge in [-0.3, -0.25) is 4.79 Å². The number of hydrogen-bond donors (Lipinski definition) is 1. The Balaban J connectivity index is 2.26. The highest BCUT2D eigenvalue weighted by Crippen LogP contribution is 2.25. The zero-order valence-corrected chi connectivity index (χ0v) is 11.7. The van der Waals surface area contributed by atoms with E-state index in [9.17, 15) is 4.79 Å². The summed E-state index contributed by atoms with van der Waals surface area (Å²) in [6.07, 6.45) is 3.03. The van der Waals surface area contributed by atoms with Gasteiger partial charge in [-0.2, -0.15) is 0 Å². The predicted molar refractivity (Wildman–Crippen MR) is 70.0 cm³/mol. The van der Waals surface area contributed by atoms with Crippen molar-refractivity contribution >= 4 is 5.97 Å². The zero-order valence-electron chi connectivity index (χ0n) is 11.7.